The lowest BCUT2D eigenvalue weighted by molar-refractivity contribution is -0.151. The van der Waals surface area contributed by atoms with Crippen molar-refractivity contribution in [2.75, 3.05) is 53.0 Å². The topological polar surface area (TPSA) is 156 Å². The smallest absolute Gasteiger partial charge is 0.410 e. The van der Waals surface area contributed by atoms with E-state index in [4.69, 9.17) is 18.9 Å². The van der Waals surface area contributed by atoms with Gasteiger partial charge in [-0.1, -0.05) is 0 Å². The molecule has 1 aliphatic heterocycles. The van der Waals surface area contributed by atoms with E-state index in [-0.39, 0.29) is 8.03 Å². The number of alkyl carbamates (subject to hydrolysis) is 1. The zero-order valence-corrected chi connectivity index (χ0v) is 21.3. The highest BCUT2D eigenvalue weighted by molar-refractivity contribution is 8.14. The summed E-state index contributed by atoms with van der Waals surface area (Å²) in [5.74, 6) is -2.07. The molecule has 13 nitrogen and oxygen atoms in total. The molecule has 1 atom stereocenters. The van der Waals surface area contributed by atoms with Crippen LogP contribution in [0.2, 0.25) is 0 Å². The highest BCUT2D eigenvalue weighted by Crippen LogP contribution is 2.31. The normalized spacial score (nSPS) is 14.9. The van der Waals surface area contributed by atoms with Crippen LogP contribution in [0.4, 0.5) is 9.59 Å². The van der Waals surface area contributed by atoms with Crippen LogP contribution in [-0.2, 0) is 42.8 Å². The van der Waals surface area contributed by atoms with Crippen molar-refractivity contribution in [1.29, 1.82) is 0 Å². The summed E-state index contributed by atoms with van der Waals surface area (Å²) in [6.07, 6.45) is 0.351. The molecule has 0 spiro atoms. The number of nitrogens with one attached hydrogen (secondary N) is 1. The van der Waals surface area contributed by atoms with Gasteiger partial charge >= 0.3 is 29.3 Å². The number of amides is 1. The van der Waals surface area contributed by atoms with Gasteiger partial charge in [-0.25, -0.2) is 14.4 Å². The number of hydrogen-bond acceptors (Lipinski definition) is 13. The molecule has 1 rings (SSSR count). The predicted octanol–water partition coefficient (Wildman–Crippen LogP) is 1.67. The average molecular weight is 525 g/mol. The van der Waals surface area contributed by atoms with E-state index in [1.165, 1.54) is 13.8 Å². The van der Waals surface area contributed by atoms with Crippen molar-refractivity contribution in [3.8, 4) is 0 Å². The fraction of sp³-hybridized carbons (Fsp3) is 0.762. The third kappa shape index (κ3) is 13.8. The molecule has 0 aromatic rings. The third-order valence-corrected chi connectivity index (χ3v) is 5.69. The van der Waals surface area contributed by atoms with Crippen molar-refractivity contribution >= 4 is 41.1 Å². The molecule has 1 saturated heterocycles. The van der Waals surface area contributed by atoms with Crippen molar-refractivity contribution in [2.24, 2.45) is 0 Å². The second kappa shape index (κ2) is 16.2. The highest BCUT2D eigenvalue weighted by Gasteiger charge is 2.41. The molecule has 1 aliphatic rings. The van der Waals surface area contributed by atoms with Crippen molar-refractivity contribution in [3.05, 3.63) is 0 Å². The number of thioether (sulfide) groups is 1. The van der Waals surface area contributed by atoms with Crippen LogP contribution in [0, 0.1) is 0 Å². The van der Waals surface area contributed by atoms with Gasteiger partial charge in [0.25, 0.3) is 0 Å². The minimum Gasteiger partial charge on any atom is -0.464 e. The number of esters is 3. The predicted molar refractivity (Wildman–Crippen MR) is 124 cm³/mol. The van der Waals surface area contributed by atoms with Gasteiger partial charge in [0.2, 0.25) is 13.6 Å². The van der Waals surface area contributed by atoms with Gasteiger partial charge in [-0.15, -0.1) is 0 Å². The summed E-state index contributed by atoms with van der Waals surface area (Å²) >= 11 is 0.596. The molecule has 14 heteroatoms. The zero-order valence-electron chi connectivity index (χ0n) is 20.5. The maximum Gasteiger partial charge on any atom is 0.410 e. The lowest BCUT2D eigenvalue weighted by Crippen LogP contribution is -2.54. The maximum atomic E-state index is 12.8. The van der Waals surface area contributed by atoms with Crippen LogP contribution in [0.15, 0.2) is 0 Å². The minimum absolute atomic E-state index is 0. The molecule has 0 saturated carbocycles. The lowest BCUT2D eigenvalue weighted by atomic mass is 10.0. The number of rotatable bonds is 13. The first-order chi connectivity index (χ1) is 16.5. The number of nitrogens with zero attached hydrogens (tertiary/aromatic N) is 1. The van der Waals surface area contributed by atoms with E-state index < -0.39 is 53.7 Å². The lowest BCUT2D eigenvalue weighted by Gasteiger charge is -2.31. The summed E-state index contributed by atoms with van der Waals surface area (Å²) in [4.78, 5) is 61.0. The molecule has 0 aliphatic carbocycles. The van der Waals surface area contributed by atoms with Gasteiger partial charge in [0.1, 0.15) is 6.04 Å². The first-order valence-corrected chi connectivity index (χ1v) is 11.9. The molecule has 35 heavy (non-hydrogen) atoms. The van der Waals surface area contributed by atoms with E-state index in [9.17, 15) is 24.0 Å². The standard InChI is InChI=1S/C21H34N2O11S.H2/c1-15(24)31-13-33-19(27)22-17(21(3,4)35-20(28)34-14-32-16(2)25)18(26)30-10-6-5-7-23-8-11-29-12-9-23;/h17H,5-14H2,1-4H3,(H,22,27);1H/t17-;/m0./s1. The molecular formula is C21H36N2O11S. The summed E-state index contributed by atoms with van der Waals surface area (Å²) in [6.45, 7) is 8.17. The number of carbonyl (C=O) groups is 5. The number of morpholine rings is 1. The van der Waals surface area contributed by atoms with Gasteiger partial charge < -0.3 is 33.7 Å². The van der Waals surface area contributed by atoms with Gasteiger partial charge in [-0.3, -0.25) is 14.5 Å². The van der Waals surface area contributed by atoms with E-state index >= 15 is 0 Å². The van der Waals surface area contributed by atoms with Crippen LogP contribution < -0.4 is 5.32 Å². The SMILES string of the molecule is CC(=O)OCOC(=O)N[C@@H](C(=O)OCCCCN1CCOCC1)C(C)(C)SC(=O)OCOC(C)=O.[HH]. The van der Waals surface area contributed by atoms with Crippen LogP contribution in [0.25, 0.3) is 0 Å². The van der Waals surface area contributed by atoms with Crippen LogP contribution in [-0.4, -0.2) is 98.0 Å². The molecule has 0 aromatic heterocycles. The molecule has 0 radical (unpaired) electrons. The zero-order chi connectivity index (χ0) is 26.3. The summed E-state index contributed by atoms with van der Waals surface area (Å²) in [6, 6.07) is -1.32. The Bertz CT molecular complexity index is 733. The van der Waals surface area contributed by atoms with Crippen molar-refractivity contribution < 1.29 is 53.8 Å². The molecule has 1 N–H and O–H groups in total. The fourth-order valence-corrected chi connectivity index (χ4v) is 3.63. The Hall–Kier alpha value is -2.58. The molecular weight excluding hydrogens is 488 g/mol. The highest BCUT2D eigenvalue weighted by atomic mass is 32.2. The Labute approximate surface area is 209 Å². The van der Waals surface area contributed by atoms with Crippen LogP contribution in [0.1, 0.15) is 42.0 Å². The molecule has 0 aromatic carbocycles. The first kappa shape index (κ1) is 30.5. The van der Waals surface area contributed by atoms with Crippen molar-refractivity contribution in [2.45, 2.75) is 51.3 Å². The third-order valence-electron chi connectivity index (χ3n) is 4.65. The maximum absolute atomic E-state index is 12.8. The van der Waals surface area contributed by atoms with Crippen LogP contribution >= 0.6 is 11.8 Å². The largest absolute Gasteiger partial charge is 0.464 e. The Morgan fingerprint density at radius 1 is 0.943 bits per heavy atom. The molecule has 0 bridgehead atoms. The van der Waals surface area contributed by atoms with Crippen LogP contribution in [0.3, 0.4) is 0 Å². The van der Waals surface area contributed by atoms with E-state index in [2.05, 4.69) is 19.7 Å². The quantitative estimate of drug-likeness (QED) is 0.161. The van der Waals surface area contributed by atoms with E-state index in [1.807, 2.05) is 0 Å². The Kier molecular flexibility index (Phi) is 14.1. The van der Waals surface area contributed by atoms with Gasteiger partial charge in [-0.05, 0) is 45.0 Å². The van der Waals surface area contributed by atoms with Crippen LogP contribution in [0.5, 0.6) is 0 Å². The molecule has 1 fully saturated rings. The number of carbonyl (C=O) groups excluding carboxylic acids is 5. The number of hydrogen-bond donors (Lipinski definition) is 1. The van der Waals surface area contributed by atoms with E-state index in [1.54, 1.807) is 0 Å². The molecule has 0 unspecified atom stereocenters. The second-order valence-corrected chi connectivity index (χ2v) is 9.53. The van der Waals surface area contributed by atoms with Crippen molar-refractivity contribution in [3.63, 3.8) is 0 Å². The molecule has 1 heterocycles. The van der Waals surface area contributed by atoms with Gasteiger partial charge in [0.05, 0.1) is 24.6 Å². The summed E-state index contributed by atoms with van der Waals surface area (Å²) < 4.78 is 28.0. The Morgan fingerprint density at radius 3 is 2.14 bits per heavy atom. The fourth-order valence-electron chi connectivity index (χ4n) is 2.82. The van der Waals surface area contributed by atoms with Crippen molar-refractivity contribution in [1.82, 2.24) is 10.2 Å². The molecule has 1 amide bonds. The van der Waals surface area contributed by atoms with E-state index in [0.29, 0.717) is 31.4 Å². The Morgan fingerprint density at radius 2 is 1.54 bits per heavy atom. The molecule has 202 valence electrons. The summed E-state index contributed by atoms with van der Waals surface area (Å²) in [5, 5.41) is 1.50. The summed E-state index contributed by atoms with van der Waals surface area (Å²) in [5.41, 5.74) is 0. The van der Waals surface area contributed by atoms with Gasteiger partial charge in [0.15, 0.2) is 0 Å². The monoisotopic (exact) mass is 524 g/mol. The number of unbranched alkanes of at least 4 members (excludes halogenated alkanes) is 1. The Balaban J connectivity index is 0.0000122. The van der Waals surface area contributed by atoms with E-state index in [0.717, 1.165) is 39.9 Å². The van der Waals surface area contributed by atoms with Gasteiger partial charge in [0, 0.05) is 28.4 Å². The van der Waals surface area contributed by atoms with Gasteiger partial charge in [-0.2, -0.15) is 0 Å². The first-order valence-electron chi connectivity index (χ1n) is 11.0. The summed E-state index contributed by atoms with van der Waals surface area (Å²) in [7, 11) is 0. The second-order valence-electron chi connectivity index (χ2n) is 7.95. The average Bonchev–Trinajstić information content (AvgIpc) is 2.76. The number of ether oxygens (including phenoxy) is 6. The minimum atomic E-state index is -1.32.